The number of hydrogen-bond acceptors (Lipinski definition) is 8. The molecule has 0 radical (unpaired) electrons. The Morgan fingerprint density at radius 1 is 1.14 bits per heavy atom. The van der Waals surface area contributed by atoms with E-state index in [9.17, 15) is 4.79 Å². The molecule has 7 nitrogen and oxygen atoms in total. The lowest BCUT2D eigenvalue weighted by atomic mass is 10.2. The maximum absolute atomic E-state index is 12.1. The summed E-state index contributed by atoms with van der Waals surface area (Å²) in [7, 11) is 3.15. The number of aromatic nitrogens is 2. The van der Waals surface area contributed by atoms with E-state index in [4.69, 9.17) is 14.0 Å². The fourth-order valence-electron chi connectivity index (χ4n) is 2.53. The number of methoxy groups -OCH3 is 2. The van der Waals surface area contributed by atoms with Crippen molar-refractivity contribution in [2.24, 2.45) is 0 Å². The predicted molar refractivity (Wildman–Crippen MR) is 116 cm³/mol. The van der Waals surface area contributed by atoms with E-state index in [1.165, 1.54) is 11.8 Å². The highest BCUT2D eigenvalue weighted by atomic mass is 32.2. The number of anilines is 1. The van der Waals surface area contributed by atoms with Gasteiger partial charge < -0.3 is 19.3 Å². The van der Waals surface area contributed by atoms with Gasteiger partial charge in [0.25, 0.3) is 0 Å². The van der Waals surface area contributed by atoms with Crippen LogP contribution >= 0.6 is 23.5 Å². The molecule has 9 heteroatoms. The van der Waals surface area contributed by atoms with Crippen molar-refractivity contribution >= 4 is 35.1 Å². The van der Waals surface area contributed by atoms with Gasteiger partial charge in [-0.05, 0) is 42.7 Å². The first kappa shape index (κ1) is 21.1. The summed E-state index contributed by atoms with van der Waals surface area (Å²) in [5, 5.41) is 6.90. The van der Waals surface area contributed by atoms with Crippen molar-refractivity contribution in [1.82, 2.24) is 10.1 Å². The molecule has 0 saturated carbocycles. The van der Waals surface area contributed by atoms with E-state index in [2.05, 4.69) is 15.5 Å². The van der Waals surface area contributed by atoms with Crippen molar-refractivity contribution in [2.45, 2.75) is 10.6 Å². The third-order valence-corrected chi connectivity index (χ3v) is 5.56. The number of thioether (sulfide) groups is 2. The average Bonchev–Trinajstić information content (AvgIpc) is 3.22. The lowest BCUT2D eigenvalue weighted by Crippen LogP contribution is -2.14. The molecule has 0 saturated heterocycles. The number of benzene rings is 2. The number of ether oxygens (including phenoxy) is 2. The number of carbonyl (C=O) groups excluding carboxylic acids is 1. The van der Waals surface area contributed by atoms with E-state index in [1.54, 1.807) is 38.1 Å². The van der Waals surface area contributed by atoms with Gasteiger partial charge in [-0.2, -0.15) is 4.98 Å². The van der Waals surface area contributed by atoms with Gasteiger partial charge in [-0.25, -0.2) is 0 Å². The number of carbonyl (C=O) groups is 1. The lowest BCUT2D eigenvalue weighted by Gasteiger charge is -2.07. The smallest absolute Gasteiger partial charge is 0.236 e. The number of hydrogen-bond donors (Lipinski definition) is 1. The lowest BCUT2D eigenvalue weighted by molar-refractivity contribution is -0.113. The van der Waals surface area contributed by atoms with Crippen molar-refractivity contribution < 1.29 is 18.8 Å². The Bertz CT molecular complexity index is 978. The van der Waals surface area contributed by atoms with E-state index in [-0.39, 0.29) is 11.7 Å². The maximum Gasteiger partial charge on any atom is 0.236 e. The third kappa shape index (κ3) is 5.68. The van der Waals surface area contributed by atoms with Crippen molar-refractivity contribution in [2.75, 3.05) is 31.5 Å². The third-order valence-electron chi connectivity index (χ3n) is 3.92. The van der Waals surface area contributed by atoms with E-state index in [0.717, 1.165) is 16.1 Å². The number of amides is 1. The Morgan fingerprint density at radius 2 is 1.97 bits per heavy atom. The van der Waals surface area contributed by atoms with Gasteiger partial charge >= 0.3 is 0 Å². The Morgan fingerprint density at radius 3 is 2.72 bits per heavy atom. The molecule has 0 fully saturated rings. The Balaban J connectivity index is 1.53. The summed E-state index contributed by atoms with van der Waals surface area (Å²) < 4.78 is 15.8. The molecule has 0 spiro atoms. The summed E-state index contributed by atoms with van der Waals surface area (Å²) >= 11 is 3.04. The van der Waals surface area contributed by atoms with Crippen LogP contribution in [-0.4, -0.2) is 42.3 Å². The van der Waals surface area contributed by atoms with Crippen LogP contribution in [0.1, 0.15) is 5.89 Å². The predicted octanol–water partition coefficient (Wildman–Crippen LogP) is 4.35. The second-order valence-electron chi connectivity index (χ2n) is 5.85. The zero-order valence-corrected chi connectivity index (χ0v) is 17.9. The summed E-state index contributed by atoms with van der Waals surface area (Å²) in [6.45, 7) is 0. The molecule has 152 valence electrons. The molecule has 0 aliphatic rings. The van der Waals surface area contributed by atoms with E-state index in [1.807, 2.05) is 36.6 Å². The fourth-order valence-corrected chi connectivity index (χ4v) is 3.65. The van der Waals surface area contributed by atoms with E-state index in [0.29, 0.717) is 29.0 Å². The van der Waals surface area contributed by atoms with E-state index < -0.39 is 0 Å². The first-order valence-corrected chi connectivity index (χ1v) is 11.1. The van der Waals surface area contributed by atoms with Crippen LogP contribution in [0.2, 0.25) is 0 Å². The average molecular weight is 432 g/mol. The van der Waals surface area contributed by atoms with Crippen LogP contribution in [0.5, 0.6) is 11.5 Å². The number of rotatable bonds is 9. The molecule has 29 heavy (non-hydrogen) atoms. The molecular weight excluding hydrogens is 410 g/mol. The maximum atomic E-state index is 12.1. The first-order valence-electron chi connectivity index (χ1n) is 8.69. The van der Waals surface area contributed by atoms with Gasteiger partial charge in [-0.1, -0.05) is 11.2 Å². The molecule has 0 atom stereocenters. The molecule has 1 amide bonds. The molecule has 0 aliphatic carbocycles. The summed E-state index contributed by atoms with van der Waals surface area (Å²) in [6.07, 6.45) is 2.00. The van der Waals surface area contributed by atoms with Gasteiger partial charge in [0.1, 0.15) is 0 Å². The second-order valence-corrected chi connectivity index (χ2v) is 7.72. The number of nitrogens with zero attached hydrogens (tertiary/aromatic N) is 2. The Kier molecular flexibility index (Phi) is 7.42. The molecule has 0 unspecified atom stereocenters. The second kappa shape index (κ2) is 10.2. The zero-order chi connectivity index (χ0) is 20.6. The monoisotopic (exact) mass is 431 g/mol. The van der Waals surface area contributed by atoms with Crippen LogP contribution in [0, 0.1) is 0 Å². The van der Waals surface area contributed by atoms with E-state index >= 15 is 0 Å². The van der Waals surface area contributed by atoms with Gasteiger partial charge in [-0.3, -0.25) is 4.79 Å². The normalized spacial score (nSPS) is 10.6. The molecular formula is C20H21N3O4S2. The van der Waals surface area contributed by atoms with Gasteiger partial charge in [0.2, 0.25) is 17.6 Å². The van der Waals surface area contributed by atoms with Crippen LogP contribution in [0.15, 0.2) is 51.9 Å². The van der Waals surface area contributed by atoms with Crippen LogP contribution in [0.25, 0.3) is 11.4 Å². The Hall–Kier alpha value is -2.65. The first-order chi connectivity index (χ1) is 14.1. The summed E-state index contributed by atoms with van der Waals surface area (Å²) in [5.41, 5.74) is 1.55. The molecule has 3 aromatic rings. The topological polar surface area (TPSA) is 86.5 Å². The Labute approximate surface area is 177 Å². The molecule has 1 N–H and O–H groups in total. The zero-order valence-electron chi connectivity index (χ0n) is 16.3. The molecule has 1 aromatic heterocycles. The molecule has 2 aromatic carbocycles. The summed E-state index contributed by atoms with van der Waals surface area (Å²) in [4.78, 5) is 17.6. The molecule has 0 aliphatic heterocycles. The van der Waals surface area contributed by atoms with Crippen LogP contribution in [0.3, 0.4) is 0 Å². The van der Waals surface area contributed by atoms with Crippen LogP contribution in [0.4, 0.5) is 5.69 Å². The standard InChI is InChI=1S/C20H21N3O4S2/c1-25-16-8-7-13(9-17(16)26-2)20-22-19(27-23-20)12-29-11-18(24)21-14-5-4-6-15(10-14)28-3/h4-10H,11-12H2,1-3H3,(H,21,24). The van der Waals surface area contributed by atoms with Gasteiger partial charge in [-0.15, -0.1) is 23.5 Å². The van der Waals surface area contributed by atoms with Crippen molar-refractivity contribution in [3.05, 3.63) is 48.4 Å². The highest BCUT2D eigenvalue weighted by Gasteiger charge is 2.13. The van der Waals surface area contributed by atoms with Crippen molar-refractivity contribution in [3.8, 4) is 22.9 Å². The number of nitrogens with one attached hydrogen (secondary N) is 1. The molecule has 0 bridgehead atoms. The quantitative estimate of drug-likeness (QED) is 0.501. The SMILES string of the molecule is COc1ccc(-c2noc(CSCC(=O)Nc3cccc(SC)c3)n2)cc1OC. The minimum absolute atomic E-state index is 0.0760. The van der Waals surface area contributed by atoms with Crippen molar-refractivity contribution in [1.29, 1.82) is 0 Å². The molecule has 1 heterocycles. The summed E-state index contributed by atoms with van der Waals surface area (Å²) in [6, 6.07) is 13.1. The fraction of sp³-hybridized carbons (Fsp3) is 0.250. The van der Waals surface area contributed by atoms with Gasteiger partial charge in [0.15, 0.2) is 11.5 Å². The van der Waals surface area contributed by atoms with Crippen LogP contribution < -0.4 is 14.8 Å². The molecule has 3 rings (SSSR count). The van der Waals surface area contributed by atoms with Crippen LogP contribution in [-0.2, 0) is 10.5 Å². The highest BCUT2D eigenvalue weighted by Crippen LogP contribution is 2.31. The van der Waals surface area contributed by atoms with Gasteiger partial charge in [0, 0.05) is 16.1 Å². The minimum atomic E-state index is -0.0760. The van der Waals surface area contributed by atoms with Crippen molar-refractivity contribution in [3.63, 3.8) is 0 Å². The summed E-state index contributed by atoms with van der Waals surface area (Å²) in [5.74, 6) is 2.79. The highest BCUT2D eigenvalue weighted by molar-refractivity contribution is 7.99. The minimum Gasteiger partial charge on any atom is -0.493 e. The van der Waals surface area contributed by atoms with Gasteiger partial charge in [0.05, 0.1) is 25.7 Å². The largest absolute Gasteiger partial charge is 0.493 e.